The van der Waals surface area contributed by atoms with Gasteiger partial charge in [-0.15, -0.1) is 0 Å². The van der Waals surface area contributed by atoms with Crippen LogP contribution in [-0.2, 0) is 33.4 Å². The number of nitrogens with one attached hydrogen (secondary N) is 3. The molecule has 3 amide bonds. The van der Waals surface area contributed by atoms with Crippen molar-refractivity contribution in [3.05, 3.63) is 112 Å². The predicted molar refractivity (Wildman–Crippen MR) is 232 cm³/mol. The lowest BCUT2D eigenvalue weighted by Crippen LogP contribution is -2.40. The molecule has 0 unspecified atom stereocenters. The van der Waals surface area contributed by atoms with E-state index in [0.717, 1.165) is 23.3 Å². The molecule has 3 N–H and O–H groups in total. The molecule has 0 spiro atoms. The minimum absolute atomic E-state index is 0.0287. The molecular weight excluding hydrogens is 820 g/mol. The van der Waals surface area contributed by atoms with E-state index in [4.69, 9.17) is 14.2 Å². The highest BCUT2D eigenvalue weighted by Gasteiger charge is 2.32. The van der Waals surface area contributed by atoms with E-state index in [1.54, 1.807) is 89.9 Å². The lowest BCUT2D eigenvalue weighted by atomic mass is 10.1. The number of fused-ring (bicyclic) bond motifs is 1. The van der Waals surface area contributed by atoms with Crippen molar-refractivity contribution in [1.29, 1.82) is 0 Å². The Morgan fingerprint density at radius 3 is 2.19 bits per heavy atom. The second-order valence-electron chi connectivity index (χ2n) is 17.3. The molecule has 3 heterocycles. The Labute approximate surface area is 364 Å². The molecular formula is C46H56F3N7O7. The van der Waals surface area contributed by atoms with E-state index in [1.807, 2.05) is 37.3 Å². The molecule has 0 saturated carbocycles. The zero-order chi connectivity index (χ0) is 46.1. The van der Waals surface area contributed by atoms with Crippen LogP contribution in [0.15, 0.2) is 83.8 Å². The summed E-state index contributed by atoms with van der Waals surface area (Å²) in [5, 5.41) is 5.91. The van der Waals surface area contributed by atoms with Gasteiger partial charge in [-0.1, -0.05) is 42.5 Å². The van der Waals surface area contributed by atoms with Crippen LogP contribution in [-0.4, -0.2) is 73.0 Å². The molecule has 2 aromatic carbocycles. The molecule has 17 heteroatoms. The maximum atomic E-state index is 14.1. The predicted octanol–water partition coefficient (Wildman–Crippen LogP) is 9.65. The topological polar surface area (TPSA) is 170 Å². The Morgan fingerprint density at radius 1 is 0.857 bits per heavy atom. The van der Waals surface area contributed by atoms with Gasteiger partial charge in [-0.25, -0.2) is 19.2 Å². The number of ether oxygens (including phenoxy) is 3. The first kappa shape index (κ1) is 47.7. The van der Waals surface area contributed by atoms with Crippen molar-refractivity contribution in [3.8, 4) is 17.1 Å². The van der Waals surface area contributed by atoms with Gasteiger partial charge >= 0.3 is 30.1 Å². The Morgan fingerprint density at radius 2 is 1.54 bits per heavy atom. The van der Waals surface area contributed by atoms with Crippen LogP contribution in [0.5, 0.6) is 0 Å². The number of nitrogens with zero attached hydrogens (tertiary/aromatic N) is 4. The van der Waals surface area contributed by atoms with Crippen molar-refractivity contribution >= 4 is 29.3 Å². The van der Waals surface area contributed by atoms with E-state index in [2.05, 4.69) is 25.6 Å². The number of H-pyrrole nitrogens is 1. The van der Waals surface area contributed by atoms with Crippen LogP contribution in [0, 0.1) is 0 Å². The summed E-state index contributed by atoms with van der Waals surface area (Å²) in [5.41, 5.74) is -0.204. The zero-order valence-corrected chi connectivity index (χ0v) is 36.9. The van der Waals surface area contributed by atoms with Crippen molar-refractivity contribution in [2.75, 3.05) is 13.1 Å². The first-order valence-corrected chi connectivity index (χ1v) is 20.8. The van der Waals surface area contributed by atoms with Crippen LogP contribution in [0.25, 0.3) is 28.1 Å². The summed E-state index contributed by atoms with van der Waals surface area (Å²) in [5.74, 6) is 0. The molecule has 14 nitrogen and oxygen atoms in total. The van der Waals surface area contributed by atoms with Crippen molar-refractivity contribution in [2.45, 2.75) is 117 Å². The molecule has 0 aliphatic heterocycles. The molecule has 0 fully saturated rings. The standard InChI is InChI=1S/C46H56F3N7O7/c1-29(51-42(59)61-28-31-15-10-9-11-16-31)14-12-17-35-25-34(46(47,48)49)26-38(52-35)37-24-33-27-56(40(57)54-39(33)53-37)36-20-18-32(19-21-36)30(2)55(43(60)63-45(6,7)8)23-13-22-50-41(58)62-44(3,4)5/h9-11,15-16,18-21,24-27,29-30H,12-14,17,22-23,28H2,1-8H3,(H,50,58)(H,51,59)(H,53,54,57)/t29-,30-/m0/s1. The first-order valence-electron chi connectivity index (χ1n) is 20.8. The highest BCUT2D eigenvalue weighted by atomic mass is 19.4. The zero-order valence-electron chi connectivity index (χ0n) is 36.9. The second-order valence-corrected chi connectivity index (χ2v) is 17.3. The Bertz CT molecular complexity index is 2400. The molecule has 0 bridgehead atoms. The number of alkyl carbamates (subject to hydrolysis) is 2. The molecule has 338 valence electrons. The number of pyridine rings is 1. The number of rotatable bonds is 15. The third-order valence-corrected chi connectivity index (χ3v) is 9.63. The number of aromatic nitrogens is 4. The van der Waals surface area contributed by atoms with Gasteiger partial charge in [0.15, 0.2) is 0 Å². The van der Waals surface area contributed by atoms with Crippen LogP contribution >= 0.6 is 0 Å². The molecule has 0 saturated heterocycles. The number of aromatic amines is 1. The largest absolute Gasteiger partial charge is 0.445 e. The average Bonchev–Trinajstić information content (AvgIpc) is 3.61. The SMILES string of the molecule is C[C@@H](CCCc1cc(C(F)(F)F)cc(-c2cc3cn(-c4ccc([C@H](C)N(CCCNC(=O)OC(C)(C)C)C(=O)OC(C)(C)C)cc4)c(=O)nc3[nH]2)n1)NC(=O)OCc1ccccc1. The summed E-state index contributed by atoms with van der Waals surface area (Å²) >= 11 is 0. The number of hydrogen-bond acceptors (Lipinski definition) is 9. The van der Waals surface area contributed by atoms with Gasteiger partial charge in [0, 0.05) is 36.4 Å². The van der Waals surface area contributed by atoms with Crippen LogP contribution in [0.4, 0.5) is 27.6 Å². The highest BCUT2D eigenvalue weighted by Crippen LogP contribution is 2.33. The van der Waals surface area contributed by atoms with Gasteiger partial charge in [-0.3, -0.25) is 9.55 Å². The molecule has 63 heavy (non-hydrogen) atoms. The van der Waals surface area contributed by atoms with Crippen molar-refractivity contribution in [1.82, 2.24) is 35.1 Å². The van der Waals surface area contributed by atoms with Gasteiger partial charge in [-0.2, -0.15) is 18.2 Å². The van der Waals surface area contributed by atoms with E-state index in [1.165, 1.54) is 4.57 Å². The number of aryl methyl sites for hydroxylation is 1. The quantitative estimate of drug-likeness (QED) is 0.0685. The maximum Gasteiger partial charge on any atom is 0.416 e. The minimum atomic E-state index is -4.65. The summed E-state index contributed by atoms with van der Waals surface area (Å²) in [6, 6.07) is 19.0. The maximum absolute atomic E-state index is 14.1. The van der Waals surface area contributed by atoms with E-state index in [0.29, 0.717) is 30.3 Å². The fourth-order valence-corrected chi connectivity index (χ4v) is 6.57. The summed E-state index contributed by atoms with van der Waals surface area (Å²) in [6.07, 6.45) is -3.25. The molecule has 2 atom stereocenters. The summed E-state index contributed by atoms with van der Waals surface area (Å²) in [4.78, 5) is 64.3. The monoisotopic (exact) mass is 875 g/mol. The lowest BCUT2D eigenvalue weighted by molar-refractivity contribution is -0.137. The molecule has 5 aromatic rings. The van der Waals surface area contributed by atoms with Crippen molar-refractivity contribution in [3.63, 3.8) is 0 Å². The Balaban J connectivity index is 1.28. The van der Waals surface area contributed by atoms with Gasteiger partial charge in [-0.05, 0) is 123 Å². The van der Waals surface area contributed by atoms with Crippen LogP contribution in [0.2, 0.25) is 0 Å². The van der Waals surface area contributed by atoms with Gasteiger partial charge in [0.2, 0.25) is 0 Å². The summed E-state index contributed by atoms with van der Waals surface area (Å²) in [6.45, 7) is 14.9. The Kier molecular flexibility index (Phi) is 15.3. The Hall–Kier alpha value is -6.39. The molecule has 0 aliphatic rings. The van der Waals surface area contributed by atoms with Crippen molar-refractivity contribution < 1.29 is 41.8 Å². The number of benzene rings is 2. The lowest BCUT2D eigenvalue weighted by Gasteiger charge is -2.32. The van der Waals surface area contributed by atoms with Gasteiger partial charge in [0.1, 0.15) is 23.5 Å². The van der Waals surface area contributed by atoms with E-state index in [-0.39, 0.29) is 54.9 Å². The van der Waals surface area contributed by atoms with Gasteiger partial charge in [0.05, 0.1) is 28.7 Å². The number of carbonyl (C=O) groups is 3. The fraction of sp³-hybridized carbons (Fsp3) is 0.435. The summed E-state index contributed by atoms with van der Waals surface area (Å²) in [7, 11) is 0. The first-order chi connectivity index (χ1) is 29.5. The number of amides is 3. The summed E-state index contributed by atoms with van der Waals surface area (Å²) < 4.78 is 59.9. The highest BCUT2D eigenvalue weighted by molar-refractivity contribution is 5.82. The van der Waals surface area contributed by atoms with E-state index >= 15 is 0 Å². The molecule has 5 rings (SSSR count). The minimum Gasteiger partial charge on any atom is -0.445 e. The fourth-order valence-electron chi connectivity index (χ4n) is 6.57. The second kappa shape index (κ2) is 20.2. The number of alkyl halides is 3. The van der Waals surface area contributed by atoms with Gasteiger partial charge < -0.3 is 34.7 Å². The molecule has 0 radical (unpaired) electrons. The third kappa shape index (κ3) is 14.3. The van der Waals surface area contributed by atoms with Crippen LogP contribution in [0.3, 0.4) is 0 Å². The average molecular weight is 876 g/mol. The van der Waals surface area contributed by atoms with Gasteiger partial charge in [0.25, 0.3) is 0 Å². The number of carbonyl (C=O) groups excluding carboxylic acids is 3. The number of halogens is 3. The van der Waals surface area contributed by atoms with E-state index in [9.17, 15) is 32.3 Å². The normalized spacial score (nSPS) is 12.9. The third-order valence-electron chi connectivity index (χ3n) is 9.63. The smallest absolute Gasteiger partial charge is 0.416 e. The van der Waals surface area contributed by atoms with E-state index < -0.39 is 53.0 Å². The van der Waals surface area contributed by atoms with Crippen molar-refractivity contribution in [2.24, 2.45) is 0 Å². The van der Waals surface area contributed by atoms with Crippen LogP contribution < -0.4 is 16.3 Å². The van der Waals surface area contributed by atoms with Crippen LogP contribution in [0.1, 0.15) is 103 Å². The number of hydrogen-bond donors (Lipinski definition) is 3. The molecule has 0 aliphatic carbocycles. The molecule has 3 aromatic heterocycles.